The molecule has 0 saturated heterocycles. The van der Waals surface area contributed by atoms with E-state index in [2.05, 4.69) is 143 Å². The van der Waals surface area contributed by atoms with Gasteiger partial charge < -0.3 is 0 Å². The van der Waals surface area contributed by atoms with Gasteiger partial charge in [0.15, 0.2) is 0 Å². The minimum Gasteiger partial charge on any atom is -0.263 e. The van der Waals surface area contributed by atoms with Gasteiger partial charge in [-0.15, -0.1) is 0 Å². The zero-order chi connectivity index (χ0) is 28.4. The van der Waals surface area contributed by atoms with Crippen LogP contribution < -0.4 is 0 Å². The van der Waals surface area contributed by atoms with Crippen LogP contribution >= 0.6 is 0 Å². The molecule has 0 aliphatic heterocycles. The quantitative estimate of drug-likeness (QED) is 0.168. The summed E-state index contributed by atoms with van der Waals surface area (Å²) in [6, 6.07) is 45.8. The predicted octanol–water partition coefficient (Wildman–Crippen LogP) is 8.28. The molecule has 2 nitrogen and oxygen atoms in total. The molecule has 6 aromatic rings. The molecule has 0 amide bonds. The molecule has 0 bridgehead atoms. The monoisotopic (exact) mass is 534 g/mol. The van der Waals surface area contributed by atoms with Crippen LogP contribution in [0.1, 0.15) is 44.5 Å². The van der Waals surface area contributed by atoms with Gasteiger partial charge in [0.1, 0.15) is 0 Å². The van der Waals surface area contributed by atoms with Crippen LogP contribution in [0.2, 0.25) is 0 Å². The minimum atomic E-state index is 0.893. The molecular formula is C40H26N2. The zero-order valence-corrected chi connectivity index (χ0v) is 22.9. The standard InChI is InChI=1S/C40H26N2/c1-3-11-35(12-4-1)39(36-13-5-2-6-14-36)40(37-23-19-31(20-24-37)15-17-33-9-7-27-41-29-33)38-25-21-32(22-26-38)16-18-34-10-8-28-42-30-34/h1-14,19-30H. The number of pyridine rings is 2. The molecule has 0 aliphatic rings. The Labute approximate surface area is 247 Å². The Hall–Kier alpha value is -5.96. The molecule has 6 rings (SSSR count). The topological polar surface area (TPSA) is 25.8 Å². The second-order valence-corrected chi connectivity index (χ2v) is 9.62. The molecule has 0 aliphatic carbocycles. The maximum absolute atomic E-state index is 4.16. The van der Waals surface area contributed by atoms with Gasteiger partial charge in [-0.1, -0.05) is 109 Å². The molecule has 4 aromatic carbocycles. The zero-order valence-electron chi connectivity index (χ0n) is 22.9. The van der Waals surface area contributed by atoms with Crippen LogP contribution in [-0.2, 0) is 0 Å². The summed E-state index contributed by atoms with van der Waals surface area (Å²) >= 11 is 0. The highest BCUT2D eigenvalue weighted by atomic mass is 14.6. The normalized spacial score (nSPS) is 10.0. The van der Waals surface area contributed by atoms with Crippen LogP contribution in [0.25, 0.3) is 11.1 Å². The lowest BCUT2D eigenvalue weighted by Gasteiger charge is -2.18. The van der Waals surface area contributed by atoms with Crippen molar-refractivity contribution >= 4 is 11.1 Å². The van der Waals surface area contributed by atoms with Crippen LogP contribution in [0.5, 0.6) is 0 Å². The molecule has 42 heavy (non-hydrogen) atoms. The molecule has 0 saturated carbocycles. The first-order valence-corrected chi connectivity index (χ1v) is 13.7. The maximum Gasteiger partial charge on any atom is 0.0432 e. The van der Waals surface area contributed by atoms with Crippen molar-refractivity contribution in [2.24, 2.45) is 0 Å². The van der Waals surface area contributed by atoms with Gasteiger partial charge in [-0.2, -0.15) is 0 Å². The van der Waals surface area contributed by atoms with E-state index < -0.39 is 0 Å². The van der Waals surface area contributed by atoms with Crippen molar-refractivity contribution in [3.05, 3.63) is 203 Å². The van der Waals surface area contributed by atoms with Crippen molar-refractivity contribution in [3.63, 3.8) is 0 Å². The van der Waals surface area contributed by atoms with Gasteiger partial charge in [-0.25, -0.2) is 0 Å². The summed E-state index contributed by atoms with van der Waals surface area (Å²) in [5, 5.41) is 0. The lowest BCUT2D eigenvalue weighted by molar-refractivity contribution is 1.31. The molecule has 0 radical (unpaired) electrons. The van der Waals surface area contributed by atoms with Gasteiger partial charge in [0.2, 0.25) is 0 Å². The Balaban J connectivity index is 1.47. The van der Waals surface area contributed by atoms with Crippen LogP contribution in [0.3, 0.4) is 0 Å². The van der Waals surface area contributed by atoms with E-state index in [0.29, 0.717) is 0 Å². The molecule has 0 fully saturated rings. The lowest BCUT2D eigenvalue weighted by Crippen LogP contribution is -1.98. The first-order chi connectivity index (χ1) is 20.8. The van der Waals surface area contributed by atoms with E-state index in [-0.39, 0.29) is 0 Å². The van der Waals surface area contributed by atoms with Crippen molar-refractivity contribution in [2.45, 2.75) is 0 Å². The molecule has 0 unspecified atom stereocenters. The van der Waals surface area contributed by atoms with Crippen molar-refractivity contribution in [1.82, 2.24) is 9.97 Å². The Morgan fingerprint density at radius 3 is 1.05 bits per heavy atom. The third kappa shape index (κ3) is 6.43. The highest BCUT2D eigenvalue weighted by Crippen LogP contribution is 2.37. The lowest BCUT2D eigenvalue weighted by atomic mass is 9.85. The summed E-state index contributed by atoms with van der Waals surface area (Å²) in [6.07, 6.45) is 7.06. The predicted molar refractivity (Wildman–Crippen MR) is 171 cm³/mol. The van der Waals surface area contributed by atoms with Gasteiger partial charge in [0, 0.05) is 47.0 Å². The van der Waals surface area contributed by atoms with Crippen molar-refractivity contribution in [2.75, 3.05) is 0 Å². The fraction of sp³-hybridized carbons (Fsp3) is 0. The summed E-state index contributed by atoms with van der Waals surface area (Å²) in [5.74, 6) is 12.9. The van der Waals surface area contributed by atoms with E-state index in [0.717, 1.165) is 50.1 Å². The van der Waals surface area contributed by atoms with Crippen molar-refractivity contribution < 1.29 is 0 Å². The van der Waals surface area contributed by atoms with E-state index in [1.54, 1.807) is 24.8 Å². The SMILES string of the molecule is C(#Cc1cccnc1)c1ccc(C(=C(c2ccccc2)c2ccccc2)c2ccc(C#Cc3cccnc3)cc2)cc1. The van der Waals surface area contributed by atoms with Crippen LogP contribution in [-0.4, -0.2) is 9.97 Å². The first-order valence-electron chi connectivity index (χ1n) is 13.7. The smallest absolute Gasteiger partial charge is 0.0432 e. The average Bonchev–Trinajstić information content (AvgIpc) is 3.08. The Kier molecular flexibility index (Phi) is 8.09. The third-order valence-electron chi connectivity index (χ3n) is 6.75. The fourth-order valence-corrected chi connectivity index (χ4v) is 4.72. The molecule has 2 heterocycles. The van der Waals surface area contributed by atoms with Gasteiger partial charge in [0.05, 0.1) is 0 Å². The molecule has 2 aromatic heterocycles. The second kappa shape index (κ2) is 12.9. The number of aromatic nitrogens is 2. The number of hydrogen-bond acceptors (Lipinski definition) is 2. The number of benzene rings is 4. The molecule has 0 N–H and O–H groups in total. The van der Waals surface area contributed by atoms with Crippen LogP contribution in [0, 0.1) is 23.7 Å². The van der Waals surface area contributed by atoms with Crippen molar-refractivity contribution in [3.8, 4) is 23.7 Å². The van der Waals surface area contributed by atoms with Crippen LogP contribution in [0.4, 0.5) is 0 Å². The van der Waals surface area contributed by atoms with E-state index in [9.17, 15) is 0 Å². The van der Waals surface area contributed by atoms with Gasteiger partial charge in [-0.05, 0) is 81.9 Å². The average molecular weight is 535 g/mol. The third-order valence-corrected chi connectivity index (χ3v) is 6.75. The van der Waals surface area contributed by atoms with E-state index in [1.165, 1.54) is 5.57 Å². The van der Waals surface area contributed by atoms with E-state index in [1.807, 2.05) is 24.3 Å². The van der Waals surface area contributed by atoms with Crippen molar-refractivity contribution in [1.29, 1.82) is 0 Å². The molecule has 196 valence electrons. The molecule has 0 spiro atoms. The first kappa shape index (κ1) is 26.3. The molecule has 0 atom stereocenters. The largest absolute Gasteiger partial charge is 0.263 e. The minimum absolute atomic E-state index is 0.893. The summed E-state index contributed by atoms with van der Waals surface area (Å²) < 4.78 is 0. The fourth-order valence-electron chi connectivity index (χ4n) is 4.72. The van der Waals surface area contributed by atoms with E-state index >= 15 is 0 Å². The van der Waals surface area contributed by atoms with Gasteiger partial charge in [0.25, 0.3) is 0 Å². The van der Waals surface area contributed by atoms with Gasteiger partial charge >= 0.3 is 0 Å². The second-order valence-electron chi connectivity index (χ2n) is 9.62. The summed E-state index contributed by atoms with van der Waals surface area (Å²) in [4.78, 5) is 8.32. The number of nitrogens with zero attached hydrogens (tertiary/aromatic N) is 2. The summed E-state index contributed by atoms with van der Waals surface area (Å²) in [7, 11) is 0. The highest BCUT2D eigenvalue weighted by Gasteiger charge is 2.16. The molecular weight excluding hydrogens is 508 g/mol. The number of hydrogen-bond donors (Lipinski definition) is 0. The molecule has 2 heteroatoms. The Bertz CT molecular complexity index is 1770. The summed E-state index contributed by atoms with van der Waals surface area (Å²) in [6.45, 7) is 0. The Morgan fingerprint density at radius 1 is 0.333 bits per heavy atom. The summed E-state index contributed by atoms with van der Waals surface area (Å²) in [5.41, 5.74) is 10.5. The van der Waals surface area contributed by atoms with Gasteiger partial charge in [-0.3, -0.25) is 9.97 Å². The van der Waals surface area contributed by atoms with E-state index in [4.69, 9.17) is 0 Å². The van der Waals surface area contributed by atoms with Crippen LogP contribution in [0.15, 0.2) is 158 Å². The maximum atomic E-state index is 4.16. The highest BCUT2D eigenvalue weighted by molar-refractivity contribution is 6.04. The number of rotatable bonds is 4. The Morgan fingerprint density at radius 2 is 0.690 bits per heavy atom.